The number of anilines is 1. The maximum atomic E-state index is 4.18. The van der Waals surface area contributed by atoms with Crippen molar-refractivity contribution in [3.8, 4) is 0 Å². The molecule has 2 heterocycles. The molecule has 0 unspecified atom stereocenters. The third-order valence-electron chi connectivity index (χ3n) is 4.29. The van der Waals surface area contributed by atoms with Gasteiger partial charge in [-0.05, 0) is 48.6 Å². The first kappa shape index (κ1) is 14.1. The maximum absolute atomic E-state index is 4.18. The van der Waals surface area contributed by atoms with Crippen molar-refractivity contribution in [3.05, 3.63) is 59.4 Å². The van der Waals surface area contributed by atoms with Gasteiger partial charge in [-0.25, -0.2) is 0 Å². The predicted octanol–water partition coefficient (Wildman–Crippen LogP) is 3.31. The summed E-state index contributed by atoms with van der Waals surface area (Å²) in [4.78, 5) is 6.54. The van der Waals surface area contributed by atoms with Crippen LogP contribution in [0.15, 0.2) is 42.7 Å². The molecule has 0 radical (unpaired) electrons. The van der Waals surface area contributed by atoms with Crippen molar-refractivity contribution < 1.29 is 0 Å². The van der Waals surface area contributed by atoms with Crippen LogP contribution in [0.5, 0.6) is 0 Å². The van der Waals surface area contributed by atoms with Gasteiger partial charge in [0.05, 0.1) is 0 Å². The number of hydrogen-bond acceptors (Lipinski definition) is 3. The van der Waals surface area contributed by atoms with Crippen molar-refractivity contribution >= 4 is 5.69 Å². The number of pyridine rings is 1. The lowest BCUT2D eigenvalue weighted by atomic mass is 9.99. The Hall–Kier alpha value is -1.87. The monoisotopic (exact) mass is 281 g/mol. The number of aromatic nitrogens is 1. The van der Waals surface area contributed by atoms with Crippen LogP contribution in [-0.2, 0) is 13.0 Å². The van der Waals surface area contributed by atoms with Crippen LogP contribution >= 0.6 is 0 Å². The molecule has 3 heteroatoms. The molecule has 0 saturated carbocycles. The van der Waals surface area contributed by atoms with E-state index in [4.69, 9.17) is 0 Å². The zero-order chi connectivity index (χ0) is 14.7. The fraction of sp³-hybridized carbons (Fsp3) is 0.389. The van der Waals surface area contributed by atoms with Crippen molar-refractivity contribution in [2.24, 2.45) is 0 Å². The van der Waals surface area contributed by atoms with Gasteiger partial charge in [-0.3, -0.25) is 4.98 Å². The zero-order valence-electron chi connectivity index (χ0n) is 12.8. The molecule has 21 heavy (non-hydrogen) atoms. The molecular formula is C18H23N3. The van der Waals surface area contributed by atoms with E-state index in [1.165, 1.54) is 41.8 Å². The largest absolute Gasteiger partial charge is 0.374 e. The summed E-state index contributed by atoms with van der Waals surface area (Å²) in [5.74, 6) is 0. The Bertz CT molecular complexity index is 595. The second kappa shape index (κ2) is 6.27. The molecule has 1 aliphatic rings. The van der Waals surface area contributed by atoms with Gasteiger partial charge in [0, 0.05) is 44.3 Å². The smallest absolute Gasteiger partial charge is 0.0396 e. The lowest BCUT2D eigenvalue weighted by Crippen LogP contribution is -2.25. The quantitative estimate of drug-likeness (QED) is 0.932. The number of hydrogen-bond donors (Lipinski definition) is 1. The van der Waals surface area contributed by atoms with Gasteiger partial charge < -0.3 is 10.2 Å². The number of nitrogens with one attached hydrogen (secondary N) is 1. The summed E-state index contributed by atoms with van der Waals surface area (Å²) >= 11 is 0. The second-order valence-corrected chi connectivity index (χ2v) is 5.88. The molecule has 3 nitrogen and oxygen atoms in total. The van der Waals surface area contributed by atoms with Crippen LogP contribution in [0.3, 0.4) is 0 Å². The maximum Gasteiger partial charge on any atom is 0.0396 e. The molecule has 2 aromatic rings. The van der Waals surface area contributed by atoms with E-state index in [-0.39, 0.29) is 0 Å². The van der Waals surface area contributed by atoms with Crippen LogP contribution in [0.2, 0.25) is 0 Å². The zero-order valence-corrected chi connectivity index (χ0v) is 12.8. The molecule has 0 bridgehead atoms. The van der Waals surface area contributed by atoms with E-state index in [2.05, 4.69) is 53.4 Å². The van der Waals surface area contributed by atoms with E-state index in [1.54, 1.807) is 0 Å². The molecule has 1 aliphatic heterocycles. The summed E-state index contributed by atoms with van der Waals surface area (Å²) in [6.45, 7) is 4.25. The molecule has 0 fully saturated rings. The predicted molar refractivity (Wildman–Crippen MR) is 87.5 cm³/mol. The normalized spacial score (nSPS) is 15.6. The summed E-state index contributed by atoms with van der Waals surface area (Å²) in [5, 5.41) is 3.58. The molecule has 1 aromatic heterocycles. The molecule has 0 aliphatic carbocycles. The van der Waals surface area contributed by atoms with Crippen LogP contribution in [0, 0.1) is 0 Å². The third kappa shape index (κ3) is 3.24. The number of rotatable bonds is 4. The van der Waals surface area contributed by atoms with Gasteiger partial charge in [0.2, 0.25) is 0 Å². The number of benzene rings is 1. The lowest BCUT2D eigenvalue weighted by molar-refractivity contribution is 0.572. The van der Waals surface area contributed by atoms with E-state index >= 15 is 0 Å². The van der Waals surface area contributed by atoms with Crippen LogP contribution < -0.4 is 10.2 Å². The van der Waals surface area contributed by atoms with Crippen LogP contribution in [0.25, 0.3) is 0 Å². The lowest BCUT2D eigenvalue weighted by Gasteiger charge is -2.28. The van der Waals surface area contributed by atoms with Gasteiger partial charge in [0.15, 0.2) is 0 Å². The third-order valence-corrected chi connectivity index (χ3v) is 4.29. The fourth-order valence-electron chi connectivity index (χ4n) is 2.97. The molecule has 0 spiro atoms. The van der Waals surface area contributed by atoms with Crippen LogP contribution in [-0.4, -0.2) is 18.6 Å². The average molecular weight is 281 g/mol. The summed E-state index contributed by atoms with van der Waals surface area (Å²) in [6, 6.07) is 11.3. The van der Waals surface area contributed by atoms with E-state index < -0.39 is 0 Å². The van der Waals surface area contributed by atoms with Crippen molar-refractivity contribution in [2.45, 2.75) is 32.4 Å². The highest BCUT2D eigenvalue weighted by atomic mass is 15.1. The minimum absolute atomic E-state index is 0.317. The Morgan fingerprint density at radius 1 is 1.33 bits per heavy atom. The first-order chi connectivity index (χ1) is 10.2. The Balaban J connectivity index is 1.66. The SMILES string of the molecule is C[C@@H](NCc1ccc2c(c1)CCCN2C)c1cccnc1. The van der Waals surface area contributed by atoms with Gasteiger partial charge >= 0.3 is 0 Å². The highest BCUT2D eigenvalue weighted by Gasteiger charge is 2.13. The number of nitrogens with zero attached hydrogens (tertiary/aromatic N) is 2. The highest BCUT2D eigenvalue weighted by Crippen LogP contribution is 2.26. The van der Waals surface area contributed by atoms with E-state index in [0.717, 1.165) is 6.54 Å². The van der Waals surface area contributed by atoms with Crippen molar-refractivity contribution in [3.63, 3.8) is 0 Å². The minimum atomic E-state index is 0.317. The molecule has 0 saturated heterocycles. The van der Waals surface area contributed by atoms with Crippen LogP contribution in [0.1, 0.15) is 36.1 Å². The number of fused-ring (bicyclic) bond motifs is 1. The molecular weight excluding hydrogens is 258 g/mol. The molecule has 0 amide bonds. The highest BCUT2D eigenvalue weighted by molar-refractivity contribution is 5.56. The van der Waals surface area contributed by atoms with E-state index in [9.17, 15) is 0 Å². The Morgan fingerprint density at radius 2 is 2.24 bits per heavy atom. The van der Waals surface area contributed by atoms with Crippen molar-refractivity contribution in [2.75, 3.05) is 18.5 Å². The van der Waals surface area contributed by atoms with Crippen molar-refractivity contribution in [1.29, 1.82) is 0 Å². The van der Waals surface area contributed by atoms with E-state index in [0.29, 0.717) is 6.04 Å². The average Bonchev–Trinajstić information content (AvgIpc) is 2.53. The van der Waals surface area contributed by atoms with Gasteiger partial charge in [0.25, 0.3) is 0 Å². The van der Waals surface area contributed by atoms with Crippen LogP contribution in [0.4, 0.5) is 5.69 Å². The molecule has 110 valence electrons. The fourth-order valence-corrected chi connectivity index (χ4v) is 2.97. The van der Waals surface area contributed by atoms with E-state index in [1.807, 2.05) is 18.5 Å². The summed E-state index contributed by atoms with van der Waals surface area (Å²) < 4.78 is 0. The molecule has 1 N–H and O–H groups in total. The summed E-state index contributed by atoms with van der Waals surface area (Å²) in [6.07, 6.45) is 6.20. The molecule has 3 rings (SSSR count). The number of aryl methyl sites for hydroxylation is 1. The molecule has 1 aromatic carbocycles. The Labute approximate surface area is 127 Å². The van der Waals surface area contributed by atoms with Gasteiger partial charge in [-0.15, -0.1) is 0 Å². The van der Waals surface area contributed by atoms with Crippen molar-refractivity contribution in [1.82, 2.24) is 10.3 Å². The second-order valence-electron chi connectivity index (χ2n) is 5.88. The molecule has 1 atom stereocenters. The van der Waals surface area contributed by atoms with Gasteiger partial charge in [-0.1, -0.05) is 18.2 Å². The Kier molecular flexibility index (Phi) is 4.20. The summed E-state index contributed by atoms with van der Waals surface area (Å²) in [7, 11) is 2.18. The Morgan fingerprint density at radius 3 is 3.05 bits per heavy atom. The first-order valence-corrected chi connectivity index (χ1v) is 7.70. The minimum Gasteiger partial charge on any atom is -0.374 e. The standard InChI is InChI=1S/C18H23N3/c1-14(17-5-3-9-19-13-17)20-12-15-7-8-18-16(11-15)6-4-10-21(18)2/h3,5,7-9,11,13-14,20H,4,6,10,12H2,1-2H3/t14-/m1/s1. The topological polar surface area (TPSA) is 28.2 Å². The summed E-state index contributed by atoms with van der Waals surface area (Å²) in [5.41, 5.74) is 5.47. The van der Waals surface area contributed by atoms with Gasteiger partial charge in [0.1, 0.15) is 0 Å². The van der Waals surface area contributed by atoms with Gasteiger partial charge in [-0.2, -0.15) is 0 Å². The first-order valence-electron chi connectivity index (χ1n) is 7.70.